The average molecular weight is 270 g/mol. The molecular weight excluding hydrogens is 262 g/mol. The zero-order chi connectivity index (χ0) is 10.8. The molecule has 0 N–H and O–H groups in total. The van der Waals surface area contributed by atoms with Gasteiger partial charge in [0.15, 0.2) is 17.2 Å². The number of hydrogen-bond donors (Lipinski definition) is 0. The molecule has 4 nitrogen and oxygen atoms in total. The molecule has 1 aromatic carbocycles. The maximum Gasteiger partial charge on any atom is 0.179 e. The maximum absolute atomic E-state index is 8.93. The third-order valence-electron chi connectivity index (χ3n) is 2.05. The van der Waals surface area contributed by atoms with E-state index in [2.05, 4.69) is 15.9 Å². The van der Waals surface area contributed by atoms with Crippen molar-refractivity contribution in [1.82, 2.24) is 0 Å². The Hall–Kier alpha value is -1.41. The molecule has 0 bridgehead atoms. The highest BCUT2D eigenvalue weighted by Gasteiger charge is 2.21. The van der Waals surface area contributed by atoms with Gasteiger partial charge in [0.2, 0.25) is 0 Å². The van der Waals surface area contributed by atoms with Crippen LogP contribution in [-0.4, -0.2) is 20.3 Å². The van der Waals surface area contributed by atoms with E-state index in [4.69, 9.17) is 19.5 Å². The summed E-state index contributed by atoms with van der Waals surface area (Å²) in [5, 5.41) is 8.93. The lowest BCUT2D eigenvalue weighted by Gasteiger charge is -2.21. The minimum atomic E-state index is 0.425. The van der Waals surface area contributed by atoms with Gasteiger partial charge in [0.05, 0.1) is 12.7 Å². The topological polar surface area (TPSA) is 51.5 Å². The van der Waals surface area contributed by atoms with Gasteiger partial charge in [-0.3, -0.25) is 0 Å². The van der Waals surface area contributed by atoms with E-state index in [0.717, 1.165) is 0 Å². The molecule has 0 radical (unpaired) electrons. The van der Waals surface area contributed by atoms with Gasteiger partial charge in [-0.1, -0.05) is 0 Å². The first-order valence-corrected chi connectivity index (χ1v) is 5.13. The molecule has 1 aromatic rings. The molecule has 1 aliphatic rings. The van der Waals surface area contributed by atoms with Crippen molar-refractivity contribution < 1.29 is 14.2 Å². The van der Waals surface area contributed by atoms with Gasteiger partial charge in [0, 0.05) is 6.07 Å². The van der Waals surface area contributed by atoms with Crippen LogP contribution < -0.4 is 14.2 Å². The Morgan fingerprint density at radius 1 is 1.47 bits per heavy atom. The summed E-state index contributed by atoms with van der Waals surface area (Å²) < 4.78 is 16.6. The minimum Gasteiger partial charge on any atom is -0.494 e. The molecule has 0 aromatic heterocycles. The Kier molecular flexibility index (Phi) is 2.69. The predicted molar refractivity (Wildman–Crippen MR) is 56.4 cm³/mol. The molecule has 0 fully saturated rings. The fraction of sp³-hybridized carbons (Fsp3) is 0.300. The first-order chi connectivity index (χ1) is 7.27. The van der Waals surface area contributed by atoms with Crippen LogP contribution in [0.25, 0.3) is 0 Å². The number of nitrogens with zero attached hydrogens (tertiary/aromatic N) is 1. The molecule has 0 spiro atoms. The number of hydrogen-bond acceptors (Lipinski definition) is 4. The van der Waals surface area contributed by atoms with Crippen LogP contribution in [0, 0.1) is 11.3 Å². The first-order valence-electron chi connectivity index (χ1n) is 4.34. The largest absolute Gasteiger partial charge is 0.494 e. The number of benzene rings is 1. The summed E-state index contributed by atoms with van der Waals surface area (Å²) >= 11 is 3.34. The molecule has 0 aliphatic carbocycles. The fourth-order valence-electron chi connectivity index (χ4n) is 1.41. The second kappa shape index (κ2) is 3.99. The Morgan fingerprint density at radius 3 is 2.87 bits per heavy atom. The molecule has 0 amide bonds. The van der Waals surface area contributed by atoms with Crippen LogP contribution in [-0.2, 0) is 0 Å². The molecule has 5 heteroatoms. The maximum atomic E-state index is 8.93. The van der Waals surface area contributed by atoms with Gasteiger partial charge in [-0.15, -0.1) is 0 Å². The quantitative estimate of drug-likeness (QED) is 0.784. The summed E-state index contributed by atoms with van der Waals surface area (Å²) in [5.41, 5.74) is 0.425. The van der Waals surface area contributed by atoms with Crippen LogP contribution in [0.4, 0.5) is 0 Å². The summed E-state index contributed by atoms with van der Waals surface area (Å²) in [6.07, 6.45) is 0. The molecular formula is C10H8BrNO3. The SMILES string of the molecule is COc1c(C#N)cc2c(c1Br)OCCO2. The summed E-state index contributed by atoms with van der Waals surface area (Å²) in [6, 6.07) is 3.67. The Balaban J connectivity index is 2.63. The highest BCUT2D eigenvalue weighted by atomic mass is 79.9. The van der Waals surface area contributed by atoms with Crippen molar-refractivity contribution in [3.05, 3.63) is 16.1 Å². The Labute approximate surface area is 95.5 Å². The molecule has 2 rings (SSSR count). The van der Waals surface area contributed by atoms with Crippen LogP contribution in [0.1, 0.15) is 5.56 Å². The van der Waals surface area contributed by atoms with Crippen molar-refractivity contribution in [3.8, 4) is 23.3 Å². The minimum absolute atomic E-state index is 0.425. The number of rotatable bonds is 1. The van der Waals surface area contributed by atoms with Crippen LogP contribution in [0.3, 0.4) is 0 Å². The van der Waals surface area contributed by atoms with Gasteiger partial charge < -0.3 is 14.2 Å². The van der Waals surface area contributed by atoms with E-state index in [-0.39, 0.29) is 0 Å². The lowest BCUT2D eigenvalue weighted by Crippen LogP contribution is -2.16. The second-order valence-electron chi connectivity index (χ2n) is 2.91. The number of methoxy groups -OCH3 is 1. The second-order valence-corrected chi connectivity index (χ2v) is 3.70. The molecule has 1 heterocycles. The number of halogens is 1. The van der Waals surface area contributed by atoms with Gasteiger partial charge in [-0.2, -0.15) is 5.26 Å². The lowest BCUT2D eigenvalue weighted by molar-refractivity contribution is 0.169. The normalized spacial score (nSPS) is 13.1. The molecule has 0 unspecified atom stereocenters. The van der Waals surface area contributed by atoms with Gasteiger partial charge in [0.25, 0.3) is 0 Å². The molecule has 15 heavy (non-hydrogen) atoms. The third kappa shape index (κ3) is 1.61. The zero-order valence-corrected chi connectivity index (χ0v) is 9.63. The number of ether oxygens (including phenoxy) is 3. The molecule has 1 aliphatic heterocycles. The van der Waals surface area contributed by atoms with Crippen LogP contribution in [0.15, 0.2) is 10.5 Å². The Morgan fingerprint density at radius 2 is 2.20 bits per heavy atom. The highest BCUT2D eigenvalue weighted by molar-refractivity contribution is 9.10. The van der Waals surface area contributed by atoms with Gasteiger partial charge in [-0.05, 0) is 15.9 Å². The lowest BCUT2D eigenvalue weighted by atomic mass is 10.2. The van der Waals surface area contributed by atoms with E-state index >= 15 is 0 Å². The van der Waals surface area contributed by atoms with Crippen molar-refractivity contribution in [3.63, 3.8) is 0 Å². The van der Waals surface area contributed by atoms with Crippen molar-refractivity contribution >= 4 is 15.9 Å². The van der Waals surface area contributed by atoms with E-state index in [0.29, 0.717) is 40.5 Å². The van der Waals surface area contributed by atoms with Crippen LogP contribution in [0.2, 0.25) is 0 Å². The van der Waals surface area contributed by atoms with E-state index < -0.39 is 0 Å². The molecule has 0 saturated heterocycles. The first kappa shape index (κ1) is 10.1. The van der Waals surface area contributed by atoms with E-state index in [1.54, 1.807) is 6.07 Å². The molecule has 0 atom stereocenters. The van der Waals surface area contributed by atoms with Crippen molar-refractivity contribution in [2.24, 2.45) is 0 Å². The molecule has 78 valence electrons. The zero-order valence-electron chi connectivity index (χ0n) is 8.04. The average Bonchev–Trinajstić information content (AvgIpc) is 2.29. The summed E-state index contributed by atoms with van der Waals surface area (Å²) in [7, 11) is 1.51. The fourth-order valence-corrected chi connectivity index (χ4v) is 2.10. The van der Waals surface area contributed by atoms with Crippen LogP contribution >= 0.6 is 15.9 Å². The number of nitriles is 1. The monoisotopic (exact) mass is 269 g/mol. The van der Waals surface area contributed by atoms with Gasteiger partial charge >= 0.3 is 0 Å². The summed E-state index contributed by atoms with van der Waals surface area (Å²) in [5.74, 6) is 1.64. The number of fused-ring (bicyclic) bond motifs is 1. The van der Waals surface area contributed by atoms with E-state index in [1.807, 2.05) is 6.07 Å². The van der Waals surface area contributed by atoms with E-state index in [9.17, 15) is 0 Å². The molecule has 0 saturated carbocycles. The van der Waals surface area contributed by atoms with Crippen molar-refractivity contribution in [2.45, 2.75) is 0 Å². The summed E-state index contributed by atoms with van der Waals surface area (Å²) in [4.78, 5) is 0. The Bertz CT molecular complexity index is 439. The van der Waals surface area contributed by atoms with E-state index in [1.165, 1.54) is 7.11 Å². The van der Waals surface area contributed by atoms with Gasteiger partial charge in [-0.25, -0.2) is 0 Å². The summed E-state index contributed by atoms with van der Waals surface area (Å²) in [6.45, 7) is 0.997. The highest BCUT2D eigenvalue weighted by Crippen LogP contribution is 2.45. The predicted octanol–water partition coefficient (Wildman–Crippen LogP) is 2.10. The smallest absolute Gasteiger partial charge is 0.179 e. The van der Waals surface area contributed by atoms with Gasteiger partial charge in [0.1, 0.15) is 23.8 Å². The van der Waals surface area contributed by atoms with Crippen molar-refractivity contribution in [2.75, 3.05) is 20.3 Å². The third-order valence-corrected chi connectivity index (χ3v) is 2.77. The van der Waals surface area contributed by atoms with Crippen LogP contribution in [0.5, 0.6) is 17.2 Å². The standard InChI is InChI=1S/C10H8BrNO3/c1-13-9-6(5-12)4-7-10(8(9)11)15-3-2-14-7/h4H,2-3H2,1H3. The van der Waals surface area contributed by atoms with Crippen molar-refractivity contribution in [1.29, 1.82) is 5.26 Å².